The van der Waals surface area contributed by atoms with Crippen LogP contribution in [0.5, 0.6) is 0 Å². The van der Waals surface area contributed by atoms with Gasteiger partial charge in [0.2, 0.25) is 0 Å². The van der Waals surface area contributed by atoms with Crippen molar-refractivity contribution in [1.82, 2.24) is 9.88 Å². The highest BCUT2D eigenvalue weighted by molar-refractivity contribution is 5.97. The number of amides is 1. The molecule has 4 aromatic rings. The molecule has 0 saturated carbocycles. The Morgan fingerprint density at radius 2 is 1.70 bits per heavy atom. The third-order valence-corrected chi connectivity index (χ3v) is 5.13. The average molecular weight is 400 g/mol. The van der Waals surface area contributed by atoms with Crippen molar-refractivity contribution in [1.29, 1.82) is 0 Å². The molecule has 5 heteroatoms. The smallest absolute Gasteiger partial charge is 0.253 e. The lowest BCUT2D eigenvalue weighted by atomic mass is 10.1. The number of carbonyl (C=O) groups excluding carboxylic acids is 1. The number of aliphatic hydroxyl groups is 1. The Kier molecular flexibility index (Phi) is 5.91. The number of fused-ring (bicyclic) bond motifs is 1. The first-order chi connectivity index (χ1) is 14.6. The lowest BCUT2D eigenvalue weighted by Crippen LogP contribution is -2.31. The summed E-state index contributed by atoms with van der Waals surface area (Å²) in [5.41, 5.74) is 3.87. The van der Waals surface area contributed by atoms with E-state index in [0.717, 1.165) is 12.0 Å². The second-order valence-electron chi connectivity index (χ2n) is 7.39. The number of oxazole rings is 1. The molecule has 1 atom stereocenters. The monoisotopic (exact) mass is 400 g/mol. The largest absolute Gasteiger partial charge is 0.441 e. The molecule has 0 unspecified atom stereocenters. The van der Waals surface area contributed by atoms with Crippen molar-refractivity contribution >= 4 is 17.0 Å². The number of nitrogens with zero attached hydrogens (tertiary/aromatic N) is 2. The number of carbonyl (C=O) groups is 1. The Bertz CT molecular complexity index is 1120. The van der Waals surface area contributed by atoms with Crippen molar-refractivity contribution in [3.8, 4) is 0 Å². The Morgan fingerprint density at radius 3 is 2.43 bits per heavy atom. The number of aromatic nitrogens is 1. The van der Waals surface area contributed by atoms with Crippen LogP contribution in [0.2, 0.25) is 0 Å². The van der Waals surface area contributed by atoms with Crippen LogP contribution in [0.3, 0.4) is 0 Å². The topological polar surface area (TPSA) is 66.6 Å². The van der Waals surface area contributed by atoms with Gasteiger partial charge in [-0.05, 0) is 35.7 Å². The minimum Gasteiger partial charge on any atom is -0.441 e. The molecule has 0 radical (unpaired) electrons. The Hall–Kier alpha value is -3.44. The maximum absolute atomic E-state index is 12.8. The fourth-order valence-corrected chi connectivity index (χ4v) is 3.45. The number of aliphatic hydroxyl groups excluding tert-OH is 1. The van der Waals surface area contributed by atoms with Crippen LogP contribution in [0.25, 0.3) is 11.1 Å². The number of rotatable bonds is 7. The maximum Gasteiger partial charge on any atom is 0.253 e. The lowest BCUT2D eigenvalue weighted by Gasteiger charge is -2.21. The zero-order chi connectivity index (χ0) is 20.9. The van der Waals surface area contributed by atoms with Gasteiger partial charge >= 0.3 is 0 Å². The van der Waals surface area contributed by atoms with Crippen LogP contribution in [0, 0.1) is 0 Å². The van der Waals surface area contributed by atoms with E-state index in [9.17, 15) is 9.90 Å². The molecule has 1 heterocycles. The summed E-state index contributed by atoms with van der Waals surface area (Å²) in [6.45, 7) is 0.210. The summed E-state index contributed by atoms with van der Waals surface area (Å²) in [5.74, 6) is 0.493. The summed E-state index contributed by atoms with van der Waals surface area (Å²) in [6.07, 6.45) is 0.811. The van der Waals surface area contributed by atoms with E-state index in [1.165, 1.54) is 10.5 Å². The van der Waals surface area contributed by atoms with Crippen molar-refractivity contribution in [2.24, 2.45) is 0 Å². The molecule has 0 fully saturated rings. The van der Waals surface area contributed by atoms with E-state index in [2.05, 4.69) is 17.1 Å². The average Bonchev–Trinajstić information content (AvgIpc) is 3.20. The highest BCUT2D eigenvalue weighted by Crippen LogP contribution is 2.20. The van der Waals surface area contributed by atoms with E-state index >= 15 is 0 Å². The molecule has 5 nitrogen and oxygen atoms in total. The van der Waals surface area contributed by atoms with Crippen LogP contribution >= 0.6 is 0 Å². The molecular weight excluding hydrogens is 376 g/mol. The maximum atomic E-state index is 12.8. The van der Waals surface area contributed by atoms with E-state index in [-0.39, 0.29) is 12.5 Å². The quantitative estimate of drug-likeness (QED) is 0.499. The van der Waals surface area contributed by atoms with Gasteiger partial charge in [0, 0.05) is 19.0 Å². The second-order valence-corrected chi connectivity index (χ2v) is 7.39. The molecule has 4 rings (SSSR count). The Labute approximate surface area is 175 Å². The van der Waals surface area contributed by atoms with E-state index in [0.29, 0.717) is 29.0 Å². The molecule has 1 aromatic heterocycles. The van der Waals surface area contributed by atoms with Gasteiger partial charge in [0.05, 0.1) is 12.6 Å². The van der Waals surface area contributed by atoms with E-state index in [4.69, 9.17) is 4.42 Å². The zero-order valence-electron chi connectivity index (χ0n) is 16.9. The van der Waals surface area contributed by atoms with Crippen LogP contribution in [-0.2, 0) is 12.8 Å². The third kappa shape index (κ3) is 4.58. The van der Waals surface area contributed by atoms with Gasteiger partial charge in [0.25, 0.3) is 5.91 Å². The van der Waals surface area contributed by atoms with Gasteiger partial charge in [-0.25, -0.2) is 4.98 Å². The van der Waals surface area contributed by atoms with Crippen molar-refractivity contribution in [3.63, 3.8) is 0 Å². The number of likely N-dealkylation sites (N-methyl/N-ethyl adjacent to an activating group) is 1. The van der Waals surface area contributed by atoms with Gasteiger partial charge in [0.1, 0.15) is 5.52 Å². The van der Waals surface area contributed by atoms with Gasteiger partial charge in [-0.3, -0.25) is 4.79 Å². The molecule has 0 aliphatic carbocycles. The minimum atomic E-state index is -0.736. The fraction of sp³-hybridized carbons (Fsp3) is 0.200. The SMILES string of the molecule is CN(C[C@@H](O)c1ccccc1)C(=O)c1ccc2oc(CCc3ccccc3)nc2c1. The first kappa shape index (κ1) is 19.9. The minimum absolute atomic E-state index is 0.166. The predicted molar refractivity (Wildman–Crippen MR) is 116 cm³/mol. The molecule has 0 aliphatic rings. The van der Waals surface area contributed by atoms with Crippen LogP contribution < -0.4 is 0 Å². The molecule has 30 heavy (non-hydrogen) atoms. The first-order valence-corrected chi connectivity index (χ1v) is 10.0. The standard InChI is InChI=1S/C25H24N2O3/c1-27(17-22(28)19-10-6-3-7-11-19)25(29)20-13-14-23-21(16-20)26-24(30-23)15-12-18-8-4-2-5-9-18/h2-11,13-14,16,22,28H,12,15,17H2,1H3/t22-/m1/s1. The van der Waals surface area contributed by atoms with Crippen molar-refractivity contribution in [3.05, 3.63) is 101 Å². The number of benzene rings is 3. The highest BCUT2D eigenvalue weighted by Gasteiger charge is 2.18. The lowest BCUT2D eigenvalue weighted by molar-refractivity contribution is 0.0681. The molecule has 1 amide bonds. The molecule has 3 aromatic carbocycles. The molecular formula is C25H24N2O3. The van der Waals surface area contributed by atoms with Gasteiger partial charge in [-0.1, -0.05) is 60.7 Å². The van der Waals surface area contributed by atoms with E-state index in [1.807, 2.05) is 48.5 Å². The molecule has 0 saturated heterocycles. The number of hydrogen-bond acceptors (Lipinski definition) is 4. The normalized spacial score (nSPS) is 12.1. The van der Waals surface area contributed by atoms with Crippen LogP contribution in [0.15, 0.2) is 83.3 Å². The summed E-state index contributed by atoms with van der Waals surface area (Å²) < 4.78 is 5.83. The zero-order valence-corrected chi connectivity index (χ0v) is 16.9. The molecule has 1 N–H and O–H groups in total. The first-order valence-electron chi connectivity index (χ1n) is 10.0. The predicted octanol–water partition coefficient (Wildman–Crippen LogP) is 4.42. The molecule has 0 spiro atoms. The van der Waals surface area contributed by atoms with Crippen LogP contribution in [0.4, 0.5) is 0 Å². The second kappa shape index (κ2) is 8.93. The summed E-state index contributed by atoms with van der Waals surface area (Å²) in [6, 6.07) is 24.8. The Balaban J connectivity index is 1.44. The van der Waals surface area contributed by atoms with Crippen molar-refractivity contribution < 1.29 is 14.3 Å². The summed E-state index contributed by atoms with van der Waals surface area (Å²) >= 11 is 0. The Morgan fingerprint density at radius 1 is 1.00 bits per heavy atom. The van der Waals surface area contributed by atoms with Crippen LogP contribution in [-0.4, -0.2) is 34.5 Å². The van der Waals surface area contributed by atoms with E-state index < -0.39 is 6.10 Å². The number of hydrogen-bond donors (Lipinski definition) is 1. The van der Waals surface area contributed by atoms with Gasteiger partial charge in [-0.15, -0.1) is 0 Å². The van der Waals surface area contributed by atoms with Gasteiger partial charge in [0.15, 0.2) is 11.5 Å². The molecule has 152 valence electrons. The van der Waals surface area contributed by atoms with Crippen molar-refractivity contribution in [2.75, 3.05) is 13.6 Å². The molecule has 0 aliphatic heterocycles. The molecule has 0 bridgehead atoms. The van der Waals surface area contributed by atoms with E-state index in [1.54, 1.807) is 25.2 Å². The summed E-state index contributed by atoms with van der Waals surface area (Å²) in [7, 11) is 1.69. The summed E-state index contributed by atoms with van der Waals surface area (Å²) in [4.78, 5) is 18.9. The van der Waals surface area contributed by atoms with Gasteiger partial charge in [-0.2, -0.15) is 0 Å². The fourth-order valence-electron chi connectivity index (χ4n) is 3.45. The van der Waals surface area contributed by atoms with Crippen molar-refractivity contribution in [2.45, 2.75) is 18.9 Å². The summed E-state index contributed by atoms with van der Waals surface area (Å²) in [5, 5.41) is 10.4. The highest BCUT2D eigenvalue weighted by atomic mass is 16.3. The van der Waals surface area contributed by atoms with Gasteiger partial charge < -0.3 is 14.4 Å². The number of aryl methyl sites for hydroxylation is 2. The van der Waals surface area contributed by atoms with Crippen LogP contribution in [0.1, 0.15) is 33.5 Å². The third-order valence-electron chi connectivity index (χ3n) is 5.13.